The quantitative estimate of drug-likeness (QED) is 0.735. The number of carbonyl (C=O) groups is 1. The summed E-state index contributed by atoms with van der Waals surface area (Å²) in [6.07, 6.45) is -3.14. The van der Waals surface area contributed by atoms with Crippen molar-refractivity contribution in [1.29, 1.82) is 0 Å². The molecule has 3 aliphatic heterocycles. The predicted molar refractivity (Wildman–Crippen MR) is 119 cm³/mol. The summed E-state index contributed by atoms with van der Waals surface area (Å²) in [4.78, 5) is 18.1. The predicted octanol–water partition coefficient (Wildman–Crippen LogP) is 2.71. The number of hydrogen-bond donors (Lipinski definition) is 1. The van der Waals surface area contributed by atoms with Crippen LogP contribution in [-0.2, 0) is 41.6 Å². The number of nitrogens with zero attached hydrogens (tertiary/aromatic N) is 2. The Morgan fingerprint density at radius 2 is 1.70 bits per heavy atom. The highest BCUT2D eigenvalue weighted by Gasteiger charge is 2.62. The summed E-state index contributed by atoms with van der Waals surface area (Å²) in [5.41, 5.74) is 1.97. The summed E-state index contributed by atoms with van der Waals surface area (Å²) < 4.78 is 32.3. The maximum Gasteiger partial charge on any atom is 0.252 e. The lowest BCUT2D eigenvalue weighted by Gasteiger charge is -2.36. The number of carbonyl (C=O) groups excluding carboxylic acids is 1. The zero-order valence-corrected chi connectivity index (χ0v) is 20.0. The Labute approximate surface area is 193 Å². The van der Waals surface area contributed by atoms with Gasteiger partial charge in [0.05, 0.1) is 17.6 Å². The van der Waals surface area contributed by atoms with Crippen molar-refractivity contribution in [1.82, 2.24) is 14.9 Å². The van der Waals surface area contributed by atoms with Crippen molar-refractivity contribution < 1.29 is 28.5 Å². The van der Waals surface area contributed by atoms with Gasteiger partial charge in [-0.1, -0.05) is 26.0 Å². The van der Waals surface area contributed by atoms with Gasteiger partial charge in [-0.15, -0.1) is 0 Å². The number of hydrogen-bond acceptors (Lipinski definition) is 7. The van der Waals surface area contributed by atoms with E-state index in [0.29, 0.717) is 5.92 Å². The van der Waals surface area contributed by atoms with Gasteiger partial charge < -0.3 is 33.6 Å². The second-order valence-electron chi connectivity index (χ2n) is 10.3. The van der Waals surface area contributed by atoms with E-state index >= 15 is 0 Å². The van der Waals surface area contributed by atoms with E-state index in [-0.39, 0.29) is 12.5 Å². The summed E-state index contributed by atoms with van der Waals surface area (Å²) in [7, 11) is 0. The first-order valence-electron chi connectivity index (χ1n) is 11.6. The molecule has 0 bridgehead atoms. The summed E-state index contributed by atoms with van der Waals surface area (Å²) in [5.74, 6) is -0.739. The van der Waals surface area contributed by atoms with Crippen molar-refractivity contribution in [2.45, 2.75) is 96.9 Å². The highest BCUT2D eigenvalue weighted by atomic mass is 16.9. The first-order chi connectivity index (χ1) is 15.5. The van der Waals surface area contributed by atoms with E-state index in [4.69, 9.17) is 28.7 Å². The zero-order valence-electron chi connectivity index (χ0n) is 20.0. The van der Waals surface area contributed by atoms with Gasteiger partial charge >= 0.3 is 0 Å². The zero-order chi connectivity index (χ0) is 23.5. The number of benzene rings is 1. The van der Waals surface area contributed by atoms with Gasteiger partial charge in [-0.25, -0.2) is 4.98 Å². The van der Waals surface area contributed by atoms with Gasteiger partial charge in [-0.2, -0.15) is 0 Å². The molecule has 33 heavy (non-hydrogen) atoms. The number of nitrogens with one attached hydrogen (secondary N) is 1. The highest BCUT2D eigenvalue weighted by molar-refractivity contribution is 5.82. The fourth-order valence-electron chi connectivity index (χ4n) is 4.92. The molecule has 5 atom stereocenters. The van der Waals surface area contributed by atoms with Crippen LogP contribution in [0.3, 0.4) is 0 Å². The molecule has 2 aromatic rings. The molecular formula is C24H33N3O6. The van der Waals surface area contributed by atoms with Crippen LogP contribution >= 0.6 is 0 Å². The first-order valence-corrected chi connectivity index (χ1v) is 11.6. The van der Waals surface area contributed by atoms with Gasteiger partial charge in [-0.05, 0) is 45.7 Å². The topological polar surface area (TPSA) is 93.1 Å². The third-order valence-electron chi connectivity index (χ3n) is 6.12. The van der Waals surface area contributed by atoms with E-state index in [1.54, 1.807) is 0 Å². The molecular weight excluding hydrogens is 426 g/mol. The Kier molecular flexibility index (Phi) is 5.53. The molecule has 1 N–H and O–H groups in total. The van der Waals surface area contributed by atoms with Crippen LogP contribution < -0.4 is 5.32 Å². The maximum atomic E-state index is 13.3. The third-order valence-corrected chi connectivity index (χ3v) is 6.12. The van der Waals surface area contributed by atoms with Gasteiger partial charge in [-0.3, -0.25) is 4.79 Å². The molecule has 180 valence electrons. The number of rotatable bonds is 5. The third kappa shape index (κ3) is 4.28. The lowest BCUT2D eigenvalue weighted by molar-refractivity contribution is -0.231. The molecule has 0 unspecified atom stereocenters. The number of para-hydroxylation sites is 2. The Morgan fingerprint density at radius 3 is 2.45 bits per heavy atom. The van der Waals surface area contributed by atoms with E-state index in [2.05, 4.69) is 29.8 Å². The van der Waals surface area contributed by atoms with Crippen LogP contribution in [0, 0.1) is 5.92 Å². The molecule has 9 nitrogen and oxygen atoms in total. The van der Waals surface area contributed by atoms with Crippen molar-refractivity contribution >= 4 is 16.9 Å². The lowest BCUT2D eigenvalue weighted by Crippen LogP contribution is -2.59. The molecule has 3 aliphatic rings. The van der Waals surface area contributed by atoms with Crippen LogP contribution in [0.5, 0.6) is 0 Å². The molecule has 9 heteroatoms. The molecule has 1 amide bonds. The summed E-state index contributed by atoms with van der Waals surface area (Å²) in [6, 6.07) is 8.00. The van der Waals surface area contributed by atoms with Gasteiger partial charge in [0.25, 0.3) is 5.91 Å². The minimum absolute atomic E-state index is 0.276. The molecule has 0 spiro atoms. The molecule has 0 radical (unpaired) electrons. The minimum Gasteiger partial charge on any atom is -0.347 e. The van der Waals surface area contributed by atoms with E-state index in [9.17, 15) is 4.79 Å². The fraction of sp³-hybridized carbons (Fsp3) is 0.667. The molecule has 3 saturated heterocycles. The standard InChI is InChI=1S/C24H33N3O6/c1-13(2)12-27-15-10-8-7-9-14(15)26-16(27)11-25-21(28)19-17-18(31-23(3,4)30-17)20-22(29-19)33-24(5,6)32-20/h7-10,13,17-20,22H,11-12H2,1-6H3,(H,25,28)/t17-,18+,19+,20-,22-/m1/s1. The van der Waals surface area contributed by atoms with Crippen molar-refractivity contribution in [3.8, 4) is 0 Å². The van der Waals surface area contributed by atoms with E-state index in [0.717, 1.165) is 23.4 Å². The first kappa shape index (κ1) is 22.7. The fourth-order valence-corrected chi connectivity index (χ4v) is 4.92. The van der Waals surface area contributed by atoms with Crippen LogP contribution in [0.1, 0.15) is 47.4 Å². The van der Waals surface area contributed by atoms with E-state index in [1.165, 1.54) is 0 Å². The Morgan fingerprint density at radius 1 is 1.03 bits per heavy atom. The average molecular weight is 460 g/mol. The van der Waals surface area contributed by atoms with Crippen molar-refractivity contribution in [2.24, 2.45) is 5.92 Å². The lowest BCUT2D eigenvalue weighted by atomic mass is 9.98. The number of imidazole rings is 1. The van der Waals surface area contributed by atoms with Gasteiger partial charge in [0.1, 0.15) is 24.1 Å². The van der Waals surface area contributed by atoms with Crippen LogP contribution in [0.2, 0.25) is 0 Å². The largest absolute Gasteiger partial charge is 0.347 e. The molecule has 0 saturated carbocycles. The molecule has 5 rings (SSSR count). The summed E-state index contributed by atoms with van der Waals surface area (Å²) in [5, 5.41) is 3.00. The molecule has 1 aromatic heterocycles. The molecule has 4 heterocycles. The van der Waals surface area contributed by atoms with Gasteiger partial charge in [0.15, 0.2) is 24.0 Å². The number of amides is 1. The summed E-state index contributed by atoms with van der Waals surface area (Å²) in [6.45, 7) is 12.7. The molecule has 3 fully saturated rings. The van der Waals surface area contributed by atoms with Crippen LogP contribution in [0.25, 0.3) is 11.0 Å². The van der Waals surface area contributed by atoms with Crippen LogP contribution in [0.4, 0.5) is 0 Å². The van der Waals surface area contributed by atoms with Crippen molar-refractivity contribution in [3.05, 3.63) is 30.1 Å². The Bertz CT molecular complexity index is 1050. The molecule has 1 aromatic carbocycles. The SMILES string of the molecule is CC(C)Cn1c(CNC(=O)[C@H]2O[C@@H]3OC(C)(C)O[C@@H]3[C@H]3OC(C)(C)O[C@H]32)nc2ccccc21. The monoisotopic (exact) mass is 459 g/mol. The Hall–Kier alpha value is -2.04. The highest BCUT2D eigenvalue weighted by Crippen LogP contribution is 2.44. The van der Waals surface area contributed by atoms with E-state index in [1.807, 2.05) is 45.9 Å². The average Bonchev–Trinajstić information content (AvgIpc) is 3.34. The molecule has 0 aliphatic carbocycles. The van der Waals surface area contributed by atoms with Gasteiger partial charge in [0.2, 0.25) is 0 Å². The number of ether oxygens (including phenoxy) is 5. The smallest absolute Gasteiger partial charge is 0.252 e. The van der Waals surface area contributed by atoms with Crippen LogP contribution in [0.15, 0.2) is 24.3 Å². The minimum atomic E-state index is -0.890. The second-order valence-corrected chi connectivity index (χ2v) is 10.3. The summed E-state index contributed by atoms with van der Waals surface area (Å²) >= 11 is 0. The van der Waals surface area contributed by atoms with Crippen molar-refractivity contribution in [3.63, 3.8) is 0 Å². The Balaban J connectivity index is 1.36. The van der Waals surface area contributed by atoms with Crippen molar-refractivity contribution in [2.75, 3.05) is 0 Å². The van der Waals surface area contributed by atoms with Crippen LogP contribution in [-0.4, -0.2) is 57.7 Å². The van der Waals surface area contributed by atoms with E-state index < -0.39 is 42.3 Å². The normalized spacial score (nSPS) is 32.2. The van der Waals surface area contributed by atoms with Gasteiger partial charge in [0, 0.05) is 6.54 Å². The number of aromatic nitrogens is 2. The number of fused-ring (bicyclic) bond motifs is 4. The second kappa shape index (κ2) is 8.02. The maximum absolute atomic E-state index is 13.3.